The van der Waals surface area contributed by atoms with Crippen LogP contribution in [0.1, 0.15) is 36.5 Å². The van der Waals surface area contributed by atoms with Crippen LogP contribution in [0.15, 0.2) is 29.4 Å². The number of anilines is 1. The fraction of sp³-hybridized carbons (Fsp3) is 0.333. The number of hydrogen-bond donors (Lipinski definition) is 2. The second kappa shape index (κ2) is 7.77. The first kappa shape index (κ1) is 17.0. The third-order valence-corrected chi connectivity index (χ3v) is 4.04. The molecule has 1 aromatic carbocycles. The second-order valence-electron chi connectivity index (χ2n) is 4.99. The molecule has 3 N–H and O–H groups in total. The molecule has 0 bridgehead atoms. The Morgan fingerprint density at radius 2 is 2.13 bits per heavy atom. The van der Waals surface area contributed by atoms with E-state index in [1.165, 1.54) is 23.4 Å². The number of Topliss-reactive ketones (excluding diaryl/α,β-unsaturated/α-hetero) is 1. The van der Waals surface area contributed by atoms with E-state index in [4.69, 9.17) is 5.84 Å². The molecular formula is C15H19N5O2S. The Balaban J connectivity index is 1.93. The molecule has 122 valence electrons. The van der Waals surface area contributed by atoms with Gasteiger partial charge in [0.1, 0.15) is 0 Å². The molecule has 0 saturated carbocycles. The maximum atomic E-state index is 12.0. The third-order valence-electron chi connectivity index (χ3n) is 3.09. The number of nitrogens with one attached hydrogen (secondary N) is 1. The molecule has 0 radical (unpaired) electrons. The van der Waals surface area contributed by atoms with Crippen molar-refractivity contribution in [2.45, 2.75) is 31.8 Å². The Morgan fingerprint density at radius 1 is 1.35 bits per heavy atom. The summed E-state index contributed by atoms with van der Waals surface area (Å²) in [7, 11) is 0. The summed E-state index contributed by atoms with van der Waals surface area (Å²) in [4.78, 5) is 23.3. The minimum absolute atomic E-state index is 0.0461. The number of benzene rings is 1. The fourth-order valence-corrected chi connectivity index (χ4v) is 2.62. The van der Waals surface area contributed by atoms with Crippen LogP contribution >= 0.6 is 11.8 Å². The van der Waals surface area contributed by atoms with E-state index < -0.39 is 0 Å². The van der Waals surface area contributed by atoms with Gasteiger partial charge in [0.05, 0.1) is 5.75 Å². The van der Waals surface area contributed by atoms with Gasteiger partial charge in [0, 0.05) is 17.7 Å². The molecule has 1 aromatic heterocycles. The molecule has 8 heteroatoms. The van der Waals surface area contributed by atoms with Crippen LogP contribution in [-0.2, 0) is 11.2 Å². The molecule has 0 unspecified atom stereocenters. The molecule has 0 aliphatic heterocycles. The van der Waals surface area contributed by atoms with Gasteiger partial charge in [0.15, 0.2) is 11.6 Å². The van der Waals surface area contributed by atoms with Gasteiger partial charge in [-0.05, 0) is 25.5 Å². The number of rotatable bonds is 7. The first-order valence-electron chi connectivity index (χ1n) is 7.24. The zero-order valence-corrected chi connectivity index (χ0v) is 13.9. The standard InChI is InChI=1S/C15H19N5O2S/c1-3-5-13-18-19-15(20(13)16)23-9-14(22)17-12-7-4-6-11(8-12)10(2)21/h4,6-8H,3,5,9,16H2,1-2H3,(H,17,22). The van der Waals surface area contributed by atoms with Gasteiger partial charge in [-0.3, -0.25) is 9.59 Å². The van der Waals surface area contributed by atoms with E-state index >= 15 is 0 Å². The van der Waals surface area contributed by atoms with Crippen molar-refractivity contribution in [1.82, 2.24) is 14.9 Å². The van der Waals surface area contributed by atoms with Gasteiger partial charge in [-0.2, -0.15) is 0 Å². The molecule has 1 heterocycles. The number of nitrogens with two attached hydrogens (primary N) is 1. The molecule has 2 aromatic rings. The number of ketones is 1. The van der Waals surface area contributed by atoms with Gasteiger partial charge in [-0.1, -0.05) is 30.8 Å². The number of hydrogen-bond acceptors (Lipinski definition) is 6. The fourth-order valence-electron chi connectivity index (χ4n) is 1.94. The van der Waals surface area contributed by atoms with Gasteiger partial charge in [0.25, 0.3) is 0 Å². The predicted molar refractivity (Wildman–Crippen MR) is 90.0 cm³/mol. The van der Waals surface area contributed by atoms with Crippen molar-refractivity contribution in [3.8, 4) is 0 Å². The lowest BCUT2D eigenvalue weighted by molar-refractivity contribution is -0.113. The molecular weight excluding hydrogens is 314 g/mol. The largest absolute Gasteiger partial charge is 0.336 e. The van der Waals surface area contributed by atoms with Gasteiger partial charge >= 0.3 is 0 Å². The number of aryl methyl sites for hydroxylation is 1. The number of carbonyl (C=O) groups excluding carboxylic acids is 2. The second-order valence-corrected chi connectivity index (χ2v) is 5.94. The lowest BCUT2D eigenvalue weighted by Crippen LogP contribution is -2.17. The first-order valence-corrected chi connectivity index (χ1v) is 8.22. The van der Waals surface area contributed by atoms with Crippen LogP contribution in [0, 0.1) is 0 Å². The average Bonchev–Trinajstić information content (AvgIpc) is 2.86. The highest BCUT2D eigenvalue weighted by molar-refractivity contribution is 7.99. The van der Waals surface area contributed by atoms with Crippen LogP contribution in [0.5, 0.6) is 0 Å². The lowest BCUT2D eigenvalue weighted by Gasteiger charge is -2.06. The van der Waals surface area contributed by atoms with Gasteiger partial charge in [-0.15, -0.1) is 10.2 Å². The van der Waals surface area contributed by atoms with Crippen molar-refractivity contribution in [3.63, 3.8) is 0 Å². The Kier molecular flexibility index (Phi) is 5.75. The summed E-state index contributed by atoms with van der Waals surface area (Å²) >= 11 is 1.22. The summed E-state index contributed by atoms with van der Waals surface area (Å²) in [5.41, 5.74) is 1.14. The van der Waals surface area contributed by atoms with Crippen LogP contribution in [-0.4, -0.2) is 32.3 Å². The Hall–Kier alpha value is -2.35. The van der Waals surface area contributed by atoms with Crippen molar-refractivity contribution in [2.75, 3.05) is 16.9 Å². The van der Waals surface area contributed by atoms with E-state index in [-0.39, 0.29) is 17.4 Å². The van der Waals surface area contributed by atoms with Crippen LogP contribution in [0.25, 0.3) is 0 Å². The van der Waals surface area contributed by atoms with Crippen LogP contribution in [0.4, 0.5) is 5.69 Å². The lowest BCUT2D eigenvalue weighted by atomic mass is 10.1. The van der Waals surface area contributed by atoms with Crippen molar-refractivity contribution in [1.29, 1.82) is 0 Å². The summed E-state index contributed by atoms with van der Waals surface area (Å²) in [6, 6.07) is 6.82. The molecule has 0 fully saturated rings. The quantitative estimate of drug-likeness (QED) is 0.455. The molecule has 7 nitrogen and oxygen atoms in total. The SMILES string of the molecule is CCCc1nnc(SCC(=O)Nc2cccc(C(C)=O)c2)n1N. The van der Waals surface area contributed by atoms with E-state index in [0.717, 1.165) is 12.8 Å². The normalized spacial score (nSPS) is 10.5. The van der Waals surface area contributed by atoms with Crippen molar-refractivity contribution in [2.24, 2.45) is 0 Å². The first-order chi connectivity index (χ1) is 11.0. The van der Waals surface area contributed by atoms with E-state index in [1.807, 2.05) is 6.92 Å². The summed E-state index contributed by atoms with van der Waals surface area (Å²) in [5, 5.41) is 11.2. The number of amides is 1. The minimum Gasteiger partial charge on any atom is -0.336 e. The Bertz CT molecular complexity index is 714. The van der Waals surface area contributed by atoms with E-state index in [0.29, 0.717) is 22.2 Å². The molecule has 0 atom stereocenters. The maximum Gasteiger partial charge on any atom is 0.234 e. The smallest absolute Gasteiger partial charge is 0.234 e. The molecule has 0 aliphatic carbocycles. The molecule has 0 saturated heterocycles. The molecule has 0 spiro atoms. The summed E-state index contributed by atoms with van der Waals surface area (Å²) < 4.78 is 1.41. The van der Waals surface area contributed by atoms with E-state index in [9.17, 15) is 9.59 Å². The number of nitrogen functional groups attached to an aromatic ring is 1. The van der Waals surface area contributed by atoms with Crippen molar-refractivity contribution < 1.29 is 9.59 Å². The van der Waals surface area contributed by atoms with Crippen molar-refractivity contribution >= 4 is 29.1 Å². The van der Waals surface area contributed by atoms with Gasteiger partial charge in [-0.25, -0.2) is 4.68 Å². The highest BCUT2D eigenvalue weighted by Gasteiger charge is 2.12. The average molecular weight is 333 g/mol. The van der Waals surface area contributed by atoms with E-state index in [1.54, 1.807) is 24.3 Å². The minimum atomic E-state index is -0.198. The van der Waals surface area contributed by atoms with Gasteiger partial charge in [0.2, 0.25) is 11.1 Å². The number of nitrogens with zero attached hydrogens (tertiary/aromatic N) is 3. The topological polar surface area (TPSA) is 103 Å². The predicted octanol–water partition coefficient (Wildman–Crippen LogP) is 1.88. The number of aromatic nitrogens is 3. The summed E-state index contributed by atoms with van der Waals surface area (Å²) in [5.74, 6) is 6.50. The Labute approximate surface area is 138 Å². The summed E-state index contributed by atoms with van der Waals surface area (Å²) in [6.45, 7) is 3.52. The maximum absolute atomic E-state index is 12.0. The number of carbonyl (C=O) groups is 2. The van der Waals surface area contributed by atoms with E-state index in [2.05, 4.69) is 15.5 Å². The Morgan fingerprint density at radius 3 is 2.83 bits per heavy atom. The highest BCUT2D eigenvalue weighted by Crippen LogP contribution is 2.16. The van der Waals surface area contributed by atoms with Gasteiger partial charge < -0.3 is 11.2 Å². The van der Waals surface area contributed by atoms with Crippen LogP contribution < -0.4 is 11.2 Å². The van der Waals surface area contributed by atoms with Crippen LogP contribution in [0.3, 0.4) is 0 Å². The zero-order valence-electron chi connectivity index (χ0n) is 13.1. The molecule has 2 rings (SSSR count). The van der Waals surface area contributed by atoms with Crippen LogP contribution in [0.2, 0.25) is 0 Å². The highest BCUT2D eigenvalue weighted by atomic mass is 32.2. The third kappa shape index (κ3) is 4.56. The molecule has 1 amide bonds. The molecule has 23 heavy (non-hydrogen) atoms. The molecule has 0 aliphatic rings. The number of thioether (sulfide) groups is 1. The zero-order chi connectivity index (χ0) is 16.8. The van der Waals surface area contributed by atoms with Crippen molar-refractivity contribution in [3.05, 3.63) is 35.7 Å². The summed E-state index contributed by atoms with van der Waals surface area (Å²) in [6.07, 6.45) is 1.67. The monoisotopic (exact) mass is 333 g/mol.